The molecular weight excluding hydrogens is 556 g/mol. The zero-order chi connectivity index (χ0) is 30.9. The second kappa shape index (κ2) is 10.2. The maximum atomic E-state index is 14.4. The average Bonchev–Trinajstić information content (AvgIpc) is 3.41. The van der Waals surface area contributed by atoms with Crippen LogP contribution in [0.2, 0.25) is 0 Å². The van der Waals surface area contributed by atoms with E-state index in [1.54, 1.807) is 36.4 Å². The predicted molar refractivity (Wildman–Crippen MR) is 164 cm³/mol. The van der Waals surface area contributed by atoms with Crippen molar-refractivity contribution < 1.29 is 29.0 Å². The van der Waals surface area contributed by atoms with Gasteiger partial charge in [0.15, 0.2) is 0 Å². The molecule has 224 valence electrons. The fourth-order valence-electron chi connectivity index (χ4n) is 8.21. The number of allylic oxidation sites excluding steroid dienone is 2. The van der Waals surface area contributed by atoms with Gasteiger partial charge in [0.1, 0.15) is 11.5 Å². The number of methoxy groups -OCH3 is 1. The number of aryl methyl sites for hydroxylation is 1. The number of amides is 4. The van der Waals surface area contributed by atoms with Crippen LogP contribution >= 0.6 is 0 Å². The van der Waals surface area contributed by atoms with Gasteiger partial charge in [-0.1, -0.05) is 55.0 Å². The number of hydrogen-bond acceptors (Lipinski definition) is 6. The number of aromatic hydroxyl groups is 1. The van der Waals surface area contributed by atoms with E-state index in [0.717, 1.165) is 17.6 Å². The lowest BCUT2D eigenvalue weighted by Gasteiger charge is -2.49. The molecule has 2 heterocycles. The summed E-state index contributed by atoms with van der Waals surface area (Å²) in [4.78, 5) is 59.2. The van der Waals surface area contributed by atoms with Crippen molar-refractivity contribution in [2.45, 2.75) is 39.0 Å². The Morgan fingerprint density at radius 3 is 2.23 bits per heavy atom. The average molecular weight is 591 g/mol. The second-order valence-electron chi connectivity index (χ2n) is 12.5. The van der Waals surface area contributed by atoms with Crippen molar-refractivity contribution in [1.29, 1.82) is 0 Å². The minimum Gasteiger partial charge on any atom is -0.508 e. The molecule has 0 radical (unpaired) electrons. The minimum atomic E-state index is -1.23. The first-order chi connectivity index (χ1) is 21.2. The Kier molecular flexibility index (Phi) is 6.50. The topological polar surface area (TPSA) is 104 Å². The van der Waals surface area contributed by atoms with Gasteiger partial charge >= 0.3 is 0 Å². The molecule has 0 unspecified atom stereocenters. The Hall–Kier alpha value is -4.72. The van der Waals surface area contributed by atoms with E-state index >= 15 is 0 Å². The summed E-state index contributed by atoms with van der Waals surface area (Å²) in [6.45, 7) is 3.85. The van der Waals surface area contributed by atoms with Crippen molar-refractivity contribution in [2.24, 2.45) is 29.1 Å². The van der Waals surface area contributed by atoms with Gasteiger partial charge in [-0.3, -0.25) is 24.1 Å². The van der Waals surface area contributed by atoms with Crippen LogP contribution in [0.3, 0.4) is 0 Å². The molecule has 7 rings (SSSR count). The molecule has 3 fully saturated rings. The molecule has 0 spiro atoms. The zero-order valence-electron chi connectivity index (χ0n) is 24.9. The van der Waals surface area contributed by atoms with Crippen LogP contribution < -0.4 is 14.5 Å². The quantitative estimate of drug-likeness (QED) is 0.315. The first-order valence-electron chi connectivity index (χ1n) is 15.2. The Labute approximate surface area is 255 Å². The number of ether oxygens (including phenoxy) is 1. The highest BCUT2D eigenvalue weighted by Gasteiger charge is 2.68. The molecule has 4 amide bonds. The van der Waals surface area contributed by atoms with Crippen LogP contribution in [0.5, 0.6) is 11.5 Å². The van der Waals surface area contributed by atoms with Crippen LogP contribution in [0, 0.1) is 29.1 Å². The molecular formula is C36H34N2O6. The third-order valence-corrected chi connectivity index (χ3v) is 10.4. The molecule has 6 atom stereocenters. The molecule has 0 bridgehead atoms. The number of anilines is 2. The van der Waals surface area contributed by atoms with Crippen LogP contribution in [-0.4, -0.2) is 35.8 Å². The lowest BCUT2D eigenvalue weighted by Crippen LogP contribution is -2.48. The first kappa shape index (κ1) is 28.1. The molecule has 0 aromatic heterocycles. The number of phenolic OH excluding ortho intramolecular Hbond substituents is 1. The molecule has 44 heavy (non-hydrogen) atoms. The number of imide groups is 2. The Morgan fingerprint density at radius 2 is 1.57 bits per heavy atom. The minimum absolute atomic E-state index is 0.0529. The first-order valence-corrected chi connectivity index (χ1v) is 15.2. The van der Waals surface area contributed by atoms with Gasteiger partial charge in [0.2, 0.25) is 23.6 Å². The van der Waals surface area contributed by atoms with Crippen molar-refractivity contribution >= 4 is 35.0 Å². The van der Waals surface area contributed by atoms with E-state index < -0.39 is 35.0 Å². The lowest BCUT2D eigenvalue weighted by atomic mass is 9.51. The molecule has 3 aromatic carbocycles. The maximum Gasteiger partial charge on any atom is 0.241 e. The number of fused-ring (bicyclic) bond motifs is 4. The fourth-order valence-corrected chi connectivity index (χ4v) is 8.21. The number of para-hydroxylation sites is 1. The highest BCUT2D eigenvalue weighted by atomic mass is 16.5. The number of carbonyl (C=O) groups excluding carboxylic acids is 4. The Balaban J connectivity index is 1.36. The molecule has 1 saturated carbocycles. The molecule has 3 aromatic rings. The Bertz CT molecular complexity index is 1730. The SMILES string of the molecule is CCc1ccc(N2C(=O)[C@H]3[C@H](CC=C4[C@H]3C[C@H]3C(=O)N(c5ccccc5)C(=O)[C@@]3(C)[C@H]4c3ccc(OC)cc3O)C2=O)cc1. The van der Waals surface area contributed by atoms with Gasteiger partial charge in [0.05, 0.1) is 41.7 Å². The molecule has 8 heteroatoms. The number of nitrogens with zero attached hydrogens (tertiary/aromatic N) is 2. The number of carbonyl (C=O) groups is 4. The van der Waals surface area contributed by atoms with E-state index in [4.69, 9.17) is 4.74 Å². The number of rotatable bonds is 5. The summed E-state index contributed by atoms with van der Waals surface area (Å²) in [7, 11) is 1.51. The zero-order valence-corrected chi connectivity index (χ0v) is 24.9. The third kappa shape index (κ3) is 3.82. The summed E-state index contributed by atoms with van der Waals surface area (Å²) in [5.74, 6) is -3.92. The van der Waals surface area contributed by atoms with Gasteiger partial charge < -0.3 is 9.84 Å². The van der Waals surface area contributed by atoms with Crippen molar-refractivity contribution in [3.63, 3.8) is 0 Å². The van der Waals surface area contributed by atoms with Crippen molar-refractivity contribution in [3.8, 4) is 11.5 Å². The van der Waals surface area contributed by atoms with Gasteiger partial charge in [-0.15, -0.1) is 0 Å². The van der Waals surface area contributed by atoms with Crippen molar-refractivity contribution in [3.05, 3.63) is 95.6 Å². The summed E-state index contributed by atoms with van der Waals surface area (Å²) < 4.78 is 5.33. The number of hydrogen-bond donors (Lipinski definition) is 1. The number of benzene rings is 3. The van der Waals surface area contributed by atoms with Gasteiger partial charge in [0.25, 0.3) is 0 Å². The van der Waals surface area contributed by atoms with E-state index in [2.05, 4.69) is 0 Å². The van der Waals surface area contributed by atoms with Crippen molar-refractivity contribution in [2.75, 3.05) is 16.9 Å². The van der Waals surface area contributed by atoms with Crippen molar-refractivity contribution in [1.82, 2.24) is 0 Å². The standard InChI is InChI=1S/C36H34N2O6/c1-4-20-10-12-22(13-11-20)37-32(40)26-17-16-24-27(30(26)34(37)42)19-28-33(41)38(21-8-6-5-7-9-21)35(43)36(28,2)31(24)25-15-14-23(44-3)18-29(25)39/h5-16,18,26-28,30-31,39H,4,17,19H2,1-3H3/t26-,27+,28-,30-,31+,36+/m0/s1. The van der Waals surface area contributed by atoms with E-state index in [0.29, 0.717) is 29.1 Å². The molecule has 1 N–H and O–H groups in total. The fraction of sp³-hybridized carbons (Fsp3) is 0.333. The van der Waals surface area contributed by atoms with E-state index in [-0.39, 0.29) is 35.8 Å². The predicted octanol–water partition coefficient (Wildman–Crippen LogP) is 5.40. The summed E-state index contributed by atoms with van der Waals surface area (Å²) in [6.07, 6.45) is 3.42. The van der Waals surface area contributed by atoms with E-state index in [9.17, 15) is 24.3 Å². The lowest BCUT2D eigenvalue weighted by molar-refractivity contribution is -0.131. The van der Waals surface area contributed by atoms with Crippen LogP contribution in [0.15, 0.2) is 84.4 Å². The van der Waals surface area contributed by atoms with Crippen LogP contribution in [0.1, 0.15) is 43.7 Å². The Morgan fingerprint density at radius 1 is 0.864 bits per heavy atom. The van der Waals surface area contributed by atoms with Crippen LogP contribution in [0.4, 0.5) is 11.4 Å². The van der Waals surface area contributed by atoms with Crippen LogP contribution in [-0.2, 0) is 25.6 Å². The third-order valence-electron chi connectivity index (χ3n) is 10.4. The summed E-state index contributed by atoms with van der Waals surface area (Å²) in [5, 5.41) is 11.3. The molecule has 2 aliphatic heterocycles. The summed E-state index contributed by atoms with van der Waals surface area (Å²) >= 11 is 0. The largest absolute Gasteiger partial charge is 0.508 e. The molecule has 4 aliphatic rings. The molecule has 2 saturated heterocycles. The summed E-state index contributed by atoms with van der Waals surface area (Å²) in [5.41, 5.74) is 2.23. The summed E-state index contributed by atoms with van der Waals surface area (Å²) in [6, 6.07) is 21.3. The highest BCUT2D eigenvalue weighted by molar-refractivity contribution is 6.25. The van der Waals surface area contributed by atoms with Gasteiger partial charge in [-0.25, -0.2) is 4.90 Å². The highest BCUT2D eigenvalue weighted by Crippen LogP contribution is 2.64. The van der Waals surface area contributed by atoms with Gasteiger partial charge in [0, 0.05) is 17.5 Å². The smallest absolute Gasteiger partial charge is 0.241 e. The maximum absolute atomic E-state index is 14.4. The van der Waals surface area contributed by atoms with E-state index in [1.807, 2.05) is 50.3 Å². The van der Waals surface area contributed by atoms with Crippen LogP contribution in [0.25, 0.3) is 0 Å². The molecule has 2 aliphatic carbocycles. The number of phenols is 1. The van der Waals surface area contributed by atoms with Gasteiger partial charge in [-0.2, -0.15) is 0 Å². The normalized spacial score (nSPS) is 29.3. The second-order valence-corrected chi connectivity index (χ2v) is 12.5. The monoisotopic (exact) mass is 590 g/mol. The van der Waals surface area contributed by atoms with Gasteiger partial charge in [-0.05, 0) is 68.0 Å². The van der Waals surface area contributed by atoms with E-state index in [1.165, 1.54) is 23.0 Å². The molecule has 8 nitrogen and oxygen atoms in total.